The number of thioether (sulfide) groups is 1. The average molecular weight is 552 g/mol. The van der Waals surface area contributed by atoms with E-state index in [0.29, 0.717) is 17.4 Å². The molecule has 196 valence electrons. The molecule has 4 rings (SSSR count). The normalized spacial score (nSPS) is 19.8. The molecule has 39 heavy (non-hydrogen) atoms. The molecule has 1 aliphatic rings. The Hall–Kier alpha value is -1.91. The molecule has 1 aromatic carbocycles. The van der Waals surface area contributed by atoms with Gasteiger partial charge < -0.3 is 20.9 Å². The van der Waals surface area contributed by atoms with Crippen molar-refractivity contribution in [2.75, 3.05) is 30.0 Å². The quantitative estimate of drug-likeness (QED) is 0.189. The first-order valence-electron chi connectivity index (χ1n) is 13.5. The van der Waals surface area contributed by atoms with E-state index in [1.165, 1.54) is 0 Å². The molecule has 1 atom stereocenters. The zero-order chi connectivity index (χ0) is 28.8. The van der Waals surface area contributed by atoms with Gasteiger partial charge in [0.2, 0.25) is 5.95 Å². The minimum absolute atomic E-state index is 0.0462. The van der Waals surface area contributed by atoms with Gasteiger partial charge in [0.15, 0.2) is 5.13 Å². The first-order chi connectivity index (χ1) is 18.1. The minimum Gasteiger partial charge on any atom is -0.361 e. The van der Waals surface area contributed by atoms with Crippen molar-refractivity contribution in [1.82, 2.24) is 25.2 Å². The van der Waals surface area contributed by atoms with Gasteiger partial charge in [-0.3, -0.25) is 4.79 Å². The Morgan fingerprint density at radius 1 is 1.03 bits per heavy atom. The predicted molar refractivity (Wildman–Crippen MR) is 188 cm³/mol. The summed E-state index contributed by atoms with van der Waals surface area (Å²) in [5.41, 5.74) is 1.59. The summed E-state index contributed by atoms with van der Waals surface area (Å²) in [6.07, 6.45) is 5.67. The smallest absolute Gasteiger partial charge is 0.252 e. The Morgan fingerprint density at radius 3 is 2.21 bits per heavy atom. The van der Waals surface area contributed by atoms with Gasteiger partial charge in [0, 0.05) is 35.9 Å². The zero-order valence-corrected chi connectivity index (χ0v) is 26.5. The maximum Gasteiger partial charge on any atom is 0.252 e. The SMILES string of the molecule is BC1(B)NC(B)(B)C(B)(B)N(C(=O)c2ccc3nc(NC[C@@H](C)CNc4ncc(SC)cn4)sc3c2)C1(B)B. The van der Waals surface area contributed by atoms with Crippen LogP contribution in [-0.2, 0) is 0 Å². The Kier molecular flexibility index (Phi) is 8.34. The molecule has 2 aromatic heterocycles. The van der Waals surface area contributed by atoms with E-state index in [1.807, 2.05) is 36.8 Å². The number of rotatable bonds is 8. The van der Waals surface area contributed by atoms with Gasteiger partial charge >= 0.3 is 0 Å². The van der Waals surface area contributed by atoms with Crippen LogP contribution in [-0.4, -0.2) is 129 Å². The molecule has 1 fully saturated rings. The van der Waals surface area contributed by atoms with Gasteiger partial charge in [-0.2, -0.15) is 0 Å². The summed E-state index contributed by atoms with van der Waals surface area (Å²) >= 11 is 3.21. The number of anilines is 2. The highest BCUT2D eigenvalue weighted by Gasteiger charge is 2.58. The van der Waals surface area contributed by atoms with Crippen molar-refractivity contribution in [3.8, 4) is 0 Å². The number of carbonyl (C=O) groups is 1. The van der Waals surface area contributed by atoms with Crippen LogP contribution in [0.2, 0.25) is 0 Å². The van der Waals surface area contributed by atoms with E-state index in [1.54, 1.807) is 23.1 Å². The highest BCUT2D eigenvalue weighted by molar-refractivity contribution is 7.98. The van der Waals surface area contributed by atoms with Crippen molar-refractivity contribution in [2.45, 2.75) is 33.2 Å². The summed E-state index contributed by atoms with van der Waals surface area (Å²) in [6.45, 7) is 3.67. The van der Waals surface area contributed by atoms with E-state index in [9.17, 15) is 4.79 Å². The predicted octanol–water partition coefficient (Wildman–Crippen LogP) is -5.31. The summed E-state index contributed by atoms with van der Waals surface area (Å²) < 4.78 is 1.00. The molecule has 0 unspecified atom stereocenters. The third-order valence-corrected chi connectivity index (χ3v) is 10.4. The largest absolute Gasteiger partial charge is 0.361 e. The molecule has 0 radical (unpaired) electrons. The van der Waals surface area contributed by atoms with Gasteiger partial charge in [-0.15, -0.1) is 11.8 Å². The topological polar surface area (TPSA) is 95.1 Å². The Morgan fingerprint density at radius 2 is 1.62 bits per heavy atom. The Labute approximate surface area is 247 Å². The fourth-order valence-electron chi connectivity index (χ4n) is 5.23. The molecule has 18 heteroatoms. The maximum atomic E-state index is 14.1. The van der Waals surface area contributed by atoms with Crippen LogP contribution < -0.4 is 16.0 Å². The van der Waals surface area contributed by atoms with Crippen molar-refractivity contribution < 1.29 is 4.79 Å². The van der Waals surface area contributed by atoms with E-state index in [4.69, 9.17) is 4.98 Å². The van der Waals surface area contributed by atoms with Gasteiger partial charge in [0.1, 0.15) is 62.8 Å². The fourth-order valence-corrected chi connectivity index (χ4v) is 6.46. The average Bonchev–Trinajstić information content (AvgIpc) is 3.27. The molecular formula is C21H35B8N7OS2. The molecular weight excluding hydrogens is 517 g/mol. The standard InChI is InChI=1S/C21H35B8N7OS2/c1-10(6-30-16-31-8-12(38-2)9-32-16)7-33-17-34-13-4-3-11(5-14(13)39-17)15(37)36-20(26,27)18(22,23)35-19(24,25)21(36,28)29/h3-5,8-10,35H,6-7,22-29H2,1-2H3,(H,33,34)(H,30,31,32)/t10-/m0/s1. The van der Waals surface area contributed by atoms with Crippen molar-refractivity contribution in [1.29, 1.82) is 0 Å². The molecule has 1 amide bonds. The number of hydrogen-bond donors (Lipinski definition) is 3. The van der Waals surface area contributed by atoms with Gasteiger partial charge in [-0.1, -0.05) is 18.3 Å². The number of thiazole rings is 1. The molecule has 3 aromatic rings. The lowest BCUT2D eigenvalue weighted by atomic mass is 9.27. The third kappa shape index (κ3) is 5.79. The van der Waals surface area contributed by atoms with E-state index in [2.05, 4.69) is 101 Å². The molecule has 0 saturated carbocycles. The van der Waals surface area contributed by atoms with Gasteiger partial charge in [0.25, 0.3) is 5.91 Å². The zero-order valence-electron chi connectivity index (χ0n) is 24.9. The van der Waals surface area contributed by atoms with Crippen LogP contribution in [0.4, 0.5) is 11.1 Å². The molecule has 0 spiro atoms. The highest BCUT2D eigenvalue weighted by atomic mass is 32.2. The first kappa shape index (κ1) is 30.1. The monoisotopic (exact) mass is 553 g/mol. The van der Waals surface area contributed by atoms with Crippen molar-refractivity contribution in [3.63, 3.8) is 0 Å². The summed E-state index contributed by atoms with van der Waals surface area (Å²) in [7, 11) is 17.3. The van der Waals surface area contributed by atoms with E-state index in [0.717, 1.165) is 33.3 Å². The minimum atomic E-state index is -0.412. The second-order valence-electron chi connectivity index (χ2n) is 12.6. The summed E-state index contributed by atoms with van der Waals surface area (Å²) in [6, 6.07) is 5.87. The maximum absolute atomic E-state index is 14.1. The van der Waals surface area contributed by atoms with Crippen LogP contribution in [0.15, 0.2) is 35.5 Å². The summed E-state index contributed by atoms with van der Waals surface area (Å²) in [5, 5.41) is 10.1. The highest BCUT2D eigenvalue weighted by Crippen LogP contribution is 2.37. The van der Waals surface area contributed by atoms with Crippen LogP contribution in [0.3, 0.4) is 0 Å². The number of aromatic nitrogens is 3. The molecule has 0 bridgehead atoms. The number of carbonyl (C=O) groups excluding carboxylic acids is 1. The number of piperazine rings is 1. The number of nitrogens with one attached hydrogen (secondary N) is 3. The number of benzene rings is 1. The van der Waals surface area contributed by atoms with Crippen molar-refractivity contribution >= 4 is 113 Å². The van der Waals surface area contributed by atoms with Gasteiger partial charge in [-0.05, 0) is 51.7 Å². The number of amides is 1. The molecule has 1 aliphatic heterocycles. The van der Waals surface area contributed by atoms with Crippen LogP contribution >= 0.6 is 23.1 Å². The molecule has 1 saturated heterocycles. The lowest BCUT2D eigenvalue weighted by Crippen LogP contribution is -2.92. The van der Waals surface area contributed by atoms with Crippen LogP contribution in [0.5, 0.6) is 0 Å². The van der Waals surface area contributed by atoms with Crippen LogP contribution in [0.25, 0.3) is 10.2 Å². The van der Waals surface area contributed by atoms with Gasteiger partial charge in [0.05, 0.1) is 10.2 Å². The van der Waals surface area contributed by atoms with Crippen LogP contribution in [0.1, 0.15) is 17.3 Å². The fraction of sp³-hybridized carbons (Fsp3) is 0.429. The van der Waals surface area contributed by atoms with E-state index >= 15 is 0 Å². The second kappa shape index (κ2) is 10.8. The van der Waals surface area contributed by atoms with Crippen molar-refractivity contribution in [2.24, 2.45) is 5.92 Å². The summed E-state index contributed by atoms with van der Waals surface area (Å²) in [4.78, 5) is 30.7. The third-order valence-electron chi connectivity index (χ3n) is 8.71. The number of nitrogens with zero attached hydrogens (tertiary/aromatic N) is 4. The lowest BCUT2D eigenvalue weighted by Gasteiger charge is -2.69. The van der Waals surface area contributed by atoms with Crippen LogP contribution in [0, 0.1) is 5.92 Å². The lowest BCUT2D eigenvalue weighted by molar-refractivity contribution is 0.0462. The summed E-state index contributed by atoms with van der Waals surface area (Å²) in [5.74, 6) is 1.02. The number of fused-ring (bicyclic) bond motifs is 1. The Balaban J connectivity index is 1.46. The second-order valence-corrected chi connectivity index (χ2v) is 14.6. The molecule has 3 heterocycles. The Bertz CT molecular complexity index is 1330. The molecule has 0 aliphatic carbocycles. The van der Waals surface area contributed by atoms with Crippen molar-refractivity contribution in [3.05, 3.63) is 36.2 Å². The van der Waals surface area contributed by atoms with E-state index in [-0.39, 0.29) is 16.6 Å². The molecule has 3 N–H and O–H groups in total. The van der Waals surface area contributed by atoms with E-state index < -0.39 is 10.7 Å². The first-order valence-corrected chi connectivity index (χ1v) is 15.5. The van der Waals surface area contributed by atoms with Gasteiger partial charge in [-0.25, -0.2) is 15.0 Å². The molecule has 8 nitrogen and oxygen atoms in total. The number of hydrogen-bond acceptors (Lipinski definition) is 9.